The van der Waals surface area contributed by atoms with Crippen molar-refractivity contribution in [2.24, 2.45) is 0 Å². The Kier molecular flexibility index (Phi) is 6.47. The summed E-state index contributed by atoms with van der Waals surface area (Å²) in [6, 6.07) is 0. The first-order valence-corrected chi connectivity index (χ1v) is 12.3. The van der Waals surface area contributed by atoms with Gasteiger partial charge in [0.05, 0.1) is 28.1 Å². The minimum absolute atomic E-state index is 0.178. The lowest BCUT2D eigenvalue weighted by Crippen LogP contribution is -2.32. The molecule has 0 radical (unpaired) electrons. The van der Waals surface area contributed by atoms with E-state index in [1.165, 1.54) is 16.5 Å². The van der Waals surface area contributed by atoms with E-state index in [9.17, 15) is 0 Å². The average Bonchev–Trinajstić information content (AvgIpc) is 3.12. The van der Waals surface area contributed by atoms with E-state index in [0.29, 0.717) is 12.5 Å². The molecular weight excluding hydrogens is 406 g/mol. The maximum absolute atomic E-state index is 6.16. The van der Waals surface area contributed by atoms with Crippen LogP contribution in [0.25, 0.3) is 20.4 Å². The molecule has 0 bridgehead atoms. The molecule has 0 fully saturated rings. The van der Waals surface area contributed by atoms with Gasteiger partial charge in [-0.1, -0.05) is 27.7 Å². The summed E-state index contributed by atoms with van der Waals surface area (Å²) in [6.45, 7) is 18.0. The standard InChI is InChI=1S/C24H35N5OS/c1-7-29(8-2)11-9-10-25-22-21-20(26-14-27-22)18-16-12-24(5,6)30-13-17(16)19(15(3)4)28-23(18)31-21/h14-15H,7-13H2,1-6H3,(H,25,26,27). The van der Waals surface area contributed by atoms with Crippen molar-refractivity contribution in [1.82, 2.24) is 19.9 Å². The summed E-state index contributed by atoms with van der Waals surface area (Å²) in [7, 11) is 0. The molecule has 7 heteroatoms. The van der Waals surface area contributed by atoms with Gasteiger partial charge in [0.25, 0.3) is 0 Å². The van der Waals surface area contributed by atoms with Crippen LogP contribution in [-0.2, 0) is 17.8 Å². The van der Waals surface area contributed by atoms with Gasteiger partial charge < -0.3 is 15.0 Å². The Balaban J connectivity index is 1.73. The Labute approximate surface area is 189 Å². The summed E-state index contributed by atoms with van der Waals surface area (Å²) in [4.78, 5) is 17.9. The van der Waals surface area contributed by atoms with Crippen LogP contribution in [0.15, 0.2) is 6.33 Å². The Morgan fingerprint density at radius 3 is 2.68 bits per heavy atom. The van der Waals surface area contributed by atoms with E-state index in [1.54, 1.807) is 17.7 Å². The molecule has 0 amide bonds. The van der Waals surface area contributed by atoms with Crippen LogP contribution in [0.2, 0.25) is 0 Å². The van der Waals surface area contributed by atoms with Gasteiger partial charge in [-0.3, -0.25) is 0 Å². The molecule has 0 atom stereocenters. The van der Waals surface area contributed by atoms with E-state index < -0.39 is 0 Å². The normalized spacial score (nSPS) is 15.9. The minimum atomic E-state index is -0.178. The predicted molar refractivity (Wildman–Crippen MR) is 130 cm³/mol. The van der Waals surface area contributed by atoms with E-state index in [2.05, 4.69) is 56.7 Å². The first kappa shape index (κ1) is 22.4. The number of thiophene rings is 1. The monoisotopic (exact) mass is 441 g/mol. The van der Waals surface area contributed by atoms with Gasteiger partial charge in [0.2, 0.25) is 0 Å². The molecule has 4 rings (SSSR count). The number of rotatable bonds is 8. The SMILES string of the molecule is CCN(CC)CCCNc1ncnc2c1sc1nc(C(C)C)c3c(c12)CC(C)(C)OC3. The molecule has 1 aliphatic rings. The highest BCUT2D eigenvalue weighted by molar-refractivity contribution is 7.26. The molecule has 31 heavy (non-hydrogen) atoms. The molecule has 4 heterocycles. The van der Waals surface area contributed by atoms with Crippen molar-refractivity contribution >= 4 is 37.6 Å². The number of pyridine rings is 1. The lowest BCUT2D eigenvalue weighted by Gasteiger charge is -2.33. The quantitative estimate of drug-likeness (QED) is 0.475. The summed E-state index contributed by atoms with van der Waals surface area (Å²) in [5.41, 5.74) is 4.63. The number of anilines is 1. The van der Waals surface area contributed by atoms with Gasteiger partial charge in [0, 0.05) is 23.9 Å². The van der Waals surface area contributed by atoms with Crippen LogP contribution in [0.1, 0.15) is 70.7 Å². The molecule has 0 saturated carbocycles. The Bertz CT molecular complexity index is 1070. The second kappa shape index (κ2) is 8.96. The zero-order valence-corrected chi connectivity index (χ0v) is 20.5. The number of fused-ring (bicyclic) bond motifs is 5. The fourth-order valence-electron chi connectivity index (χ4n) is 4.48. The lowest BCUT2D eigenvalue weighted by molar-refractivity contribution is -0.0402. The highest BCUT2D eigenvalue weighted by atomic mass is 32.1. The molecule has 0 aliphatic carbocycles. The van der Waals surface area contributed by atoms with E-state index in [4.69, 9.17) is 14.7 Å². The van der Waals surface area contributed by atoms with Crippen molar-refractivity contribution in [3.05, 3.63) is 23.1 Å². The first-order valence-electron chi connectivity index (χ1n) is 11.5. The maximum atomic E-state index is 6.16. The molecule has 0 aromatic carbocycles. The molecule has 1 aliphatic heterocycles. The average molecular weight is 442 g/mol. The molecule has 0 spiro atoms. The van der Waals surface area contributed by atoms with Gasteiger partial charge >= 0.3 is 0 Å². The van der Waals surface area contributed by atoms with Crippen molar-refractivity contribution in [2.45, 2.75) is 72.5 Å². The topological polar surface area (TPSA) is 63.2 Å². The number of hydrogen-bond donors (Lipinski definition) is 1. The van der Waals surface area contributed by atoms with Crippen molar-refractivity contribution in [2.75, 3.05) is 31.5 Å². The van der Waals surface area contributed by atoms with Crippen molar-refractivity contribution in [3.63, 3.8) is 0 Å². The highest BCUT2D eigenvalue weighted by Crippen LogP contribution is 2.43. The maximum Gasteiger partial charge on any atom is 0.147 e. The van der Waals surface area contributed by atoms with Gasteiger partial charge in [-0.15, -0.1) is 11.3 Å². The fourth-order valence-corrected chi connectivity index (χ4v) is 5.62. The molecule has 0 saturated heterocycles. The van der Waals surface area contributed by atoms with Crippen molar-refractivity contribution < 1.29 is 4.74 Å². The second-order valence-corrected chi connectivity index (χ2v) is 10.3. The van der Waals surface area contributed by atoms with Crippen LogP contribution in [-0.4, -0.2) is 51.6 Å². The summed E-state index contributed by atoms with van der Waals surface area (Å²) >= 11 is 1.72. The van der Waals surface area contributed by atoms with E-state index in [0.717, 1.165) is 65.6 Å². The smallest absolute Gasteiger partial charge is 0.147 e. The van der Waals surface area contributed by atoms with Crippen molar-refractivity contribution in [1.29, 1.82) is 0 Å². The Hall–Kier alpha value is -1.83. The third-order valence-corrected chi connectivity index (χ3v) is 7.32. The van der Waals surface area contributed by atoms with Gasteiger partial charge in [-0.2, -0.15) is 0 Å². The molecule has 3 aromatic rings. The third-order valence-electron chi connectivity index (χ3n) is 6.25. The fraction of sp³-hybridized carbons (Fsp3) is 0.625. The van der Waals surface area contributed by atoms with Crippen LogP contribution in [0.4, 0.5) is 5.82 Å². The van der Waals surface area contributed by atoms with E-state index >= 15 is 0 Å². The number of ether oxygens (including phenoxy) is 1. The van der Waals surface area contributed by atoms with Crippen LogP contribution >= 0.6 is 11.3 Å². The molecule has 6 nitrogen and oxygen atoms in total. The van der Waals surface area contributed by atoms with Crippen molar-refractivity contribution in [3.8, 4) is 0 Å². The highest BCUT2D eigenvalue weighted by Gasteiger charge is 2.32. The summed E-state index contributed by atoms with van der Waals surface area (Å²) in [6.07, 6.45) is 3.66. The first-order chi connectivity index (χ1) is 14.8. The lowest BCUT2D eigenvalue weighted by atomic mass is 9.87. The Morgan fingerprint density at radius 2 is 1.97 bits per heavy atom. The summed E-state index contributed by atoms with van der Waals surface area (Å²) < 4.78 is 7.27. The third kappa shape index (κ3) is 4.41. The van der Waals surface area contributed by atoms with Crippen LogP contribution in [0.3, 0.4) is 0 Å². The van der Waals surface area contributed by atoms with E-state index in [-0.39, 0.29) is 5.60 Å². The molecule has 3 aromatic heterocycles. The van der Waals surface area contributed by atoms with Gasteiger partial charge in [0.1, 0.15) is 17.0 Å². The number of aromatic nitrogens is 3. The summed E-state index contributed by atoms with van der Waals surface area (Å²) in [5, 5.41) is 4.76. The predicted octanol–water partition coefficient (Wildman–Crippen LogP) is 5.36. The largest absolute Gasteiger partial charge is 0.370 e. The number of hydrogen-bond acceptors (Lipinski definition) is 7. The summed E-state index contributed by atoms with van der Waals surface area (Å²) in [5.74, 6) is 1.29. The zero-order chi connectivity index (χ0) is 22.2. The second-order valence-electron chi connectivity index (χ2n) is 9.32. The molecular formula is C24H35N5OS. The Morgan fingerprint density at radius 1 is 1.19 bits per heavy atom. The van der Waals surface area contributed by atoms with E-state index in [1.807, 2.05) is 0 Å². The molecule has 1 N–H and O–H groups in total. The van der Waals surface area contributed by atoms with Gasteiger partial charge in [0.15, 0.2) is 0 Å². The minimum Gasteiger partial charge on any atom is -0.370 e. The van der Waals surface area contributed by atoms with Gasteiger partial charge in [-0.25, -0.2) is 15.0 Å². The zero-order valence-electron chi connectivity index (χ0n) is 19.7. The molecule has 168 valence electrons. The van der Waals surface area contributed by atoms with Crippen LogP contribution in [0, 0.1) is 0 Å². The molecule has 0 unspecified atom stereocenters. The van der Waals surface area contributed by atoms with Crippen LogP contribution < -0.4 is 5.32 Å². The van der Waals surface area contributed by atoms with Crippen LogP contribution in [0.5, 0.6) is 0 Å². The van der Waals surface area contributed by atoms with Gasteiger partial charge in [-0.05, 0) is 51.4 Å². The number of nitrogens with one attached hydrogen (secondary N) is 1. The number of nitrogens with zero attached hydrogens (tertiary/aromatic N) is 4.